The predicted octanol–water partition coefficient (Wildman–Crippen LogP) is 4.71. The van der Waals surface area contributed by atoms with Crippen molar-refractivity contribution in [3.63, 3.8) is 0 Å². The van der Waals surface area contributed by atoms with Crippen molar-refractivity contribution in [1.29, 1.82) is 0 Å². The van der Waals surface area contributed by atoms with Crippen LogP contribution in [0.5, 0.6) is 11.6 Å². The molecule has 0 bridgehead atoms. The number of ether oxygens (including phenoxy) is 1. The highest BCUT2D eigenvalue weighted by atomic mass is 32.1. The van der Waals surface area contributed by atoms with E-state index >= 15 is 0 Å². The third-order valence-electron chi connectivity index (χ3n) is 3.81. The fourth-order valence-corrected chi connectivity index (χ4v) is 3.39. The zero-order valence-electron chi connectivity index (χ0n) is 13.1. The van der Waals surface area contributed by atoms with Gasteiger partial charge in [-0.2, -0.15) is 0 Å². The van der Waals surface area contributed by atoms with Crippen LogP contribution in [0.4, 0.5) is 0 Å². The highest BCUT2D eigenvalue weighted by Gasteiger charge is 2.12. The first kappa shape index (κ1) is 14.8. The molecule has 0 aliphatic carbocycles. The van der Waals surface area contributed by atoms with Crippen LogP contribution in [0.25, 0.3) is 21.2 Å². The molecule has 0 fully saturated rings. The number of benzene rings is 1. The molecule has 0 N–H and O–H groups in total. The summed E-state index contributed by atoms with van der Waals surface area (Å²) in [6, 6.07) is 8.96. The number of fused-ring (bicyclic) bond motifs is 2. The van der Waals surface area contributed by atoms with E-state index in [2.05, 4.69) is 9.97 Å². The van der Waals surface area contributed by atoms with Crippen molar-refractivity contribution in [3.8, 4) is 11.6 Å². The summed E-state index contributed by atoms with van der Waals surface area (Å²) in [4.78, 5) is 21.1. The lowest BCUT2D eigenvalue weighted by Crippen LogP contribution is -2.02. The number of aromatic nitrogens is 2. The topological polar surface area (TPSA) is 65.2 Å². The van der Waals surface area contributed by atoms with Crippen molar-refractivity contribution < 1.29 is 9.15 Å². The van der Waals surface area contributed by atoms with Crippen LogP contribution in [0.3, 0.4) is 0 Å². The van der Waals surface area contributed by atoms with E-state index in [0.717, 1.165) is 21.2 Å². The van der Waals surface area contributed by atoms with Crippen LogP contribution in [0.2, 0.25) is 0 Å². The molecule has 3 aromatic heterocycles. The molecule has 1 aromatic carbocycles. The van der Waals surface area contributed by atoms with E-state index in [1.807, 2.05) is 37.4 Å². The average Bonchev–Trinajstić information content (AvgIpc) is 3.03. The molecule has 0 unspecified atom stereocenters. The Kier molecular flexibility index (Phi) is 3.54. The van der Waals surface area contributed by atoms with E-state index in [-0.39, 0.29) is 11.5 Å². The molecular weight excluding hydrogens is 324 g/mol. The minimum absolute atomic E-state index is 0.232. The van der Waals surface area contributed by atoms with Crippen LogP contribution >= 0.6 is 11.3 Å². The molecule has 0 amide bonds. The minimum Gasteiger partial charge on any atom is -0.438 e. The van der Waals surface area contributed by atoms with Crippen molar-refractivity contribution in [2.75, 3.05) is 0 Å². The van der Waals surface area contributed by atoms with Gasteiger partial charge in [-0.25, -0.2) is 14.8 Å². The maximum Gasteiger partial charge on any atom is 0.336 e. The molecular formula is C18H14N2O3S. The SMILES string of the molecule is CC(C)c1cc(=O)oc2cc(Oc3ncnc4sccc34)ccc12. The molecule has 4 rings (SSSR count). The number of hydrogen-bond donors (Lipinski definition) is 0. The summed E-state index contributed by atoms with van der Waals surface area (Å²) < 4.78 is 11.2. The largest absolute Gasteiger partial charge is 0.438 e. The molecule has 0 saturated carbocycles. The van der Waals surface area contributed by atoms with Crippen molar-refractivity contribution in [2.45, 2.75) is 19.8 Å². The first-order chi connectivity index (χ1) is 11.6. The van der Waals surface area contributed by atoms with E-state index in [4.69, 9.17) is 9.15 Å². The molecule has 0 aliphatic heterocycles. The molecule has 0 radical (unpaired) electrons. The quantitative estimate of drug-likeness (QED) is 0.506. The van der Waals surface area contributed by atoms with E-state index in [0.29, 0.717) is 17.2 Å². The van der Waals surface area contributed by atoms with Gasteiger partial charge in [-0.1, -0.05) is 13.8 Å². The standard InChI is InChI=1S/C18H14N2O3S/c1-10(2)14-8-16(21)23-15-7-11(3-4-12(14)15)22-17-13-5-6-24-18(13)20-9-19-17/h3-10H,1-2H3. The van der Waals surface area contributed by atoms with Gasteiger partial charge in [-0.3, -0.25) is 0 Å². The lowest BCUT2D eigenvalue weighted by molar-refractivity contribution is 0.466. The molecule has 3 heterocycles. The fraction of sp³-hybridized carbons (Fsp3) is 0.167. The third kappa shape index (κ3) is 2.55. The summed E-state index contributed by atoms with van der Waals surface area (Å²) in [5.74, 6) is 1.29. The van der Waals surface area contributed by atoms with Crippen LogP contribution in [-0.2, 0) is 0 Å². The molecule has 0 saturated heterocycles. The van der Waals surface area contributed by atoms with Gasteiger partial charge in [-0.15, -0.1) is 11.3 Å². The third-order valence-corrected chi connectivity index (χ3v) is 4.63. The second-order valence-corrected chi connectivity index (χ2v) is 6.65. The summed E-state index contributed by atoms with van der Waals surface area (Å²) >= 11 is 1.53. The second kappa shape index (κ2) is 5.72. The van der Waals surface area contributed by atoms with Gasteiger partial charge in [0.1, 0.15) is 22.5 Å². The highest BCUT2D eigenvalue weighted by Crippen LogP contribution is 2.32. The Morgan fingerprint density at radius 1 is 1.12 bits per heavy atom. The molecule has 0 spiro atoms. The van der Waals surface area contributed by atoms with Crippen LogP contribution in [-0.4, -0.2) is 9.97 Å². The lowest BCUT2D eigenvalue weighted by Gasteiger charge is -2.10. The Hall–Kier alpha value is -2.73. The minimum atomic E-state index is -0.356. The van der Waals surface area contributed by atoms with E-state index in [9.17, 15) is 4.79 Å². The maximum absolute atomic E-state index is 11.8. The zero-order valence-corrected chi connectivity index (χ0v) is 14.0. The zero-order chi connectivity index (χ0) is 16.7. The Morgan fingerprint density at radius 3 is 2.83 bits per heavy atom. The van der Waals surface area contributed by atoms with Gasteiger partial charge in [0.05, 0.1) is 5.39 Å². The number of hydrogen-bond acceptors (Lipinski definition) is 6. The average molecular weight is 338 g/mol. The Bertz CT molecular complexity index is 1100. The Balaban J connectivity index is 1.81. The molecule has 24 heavy (non-hydrogen) atoms. The Morgan fingerprint density at radius 2 is 2.00 bits per heavy atom. The van der Waals surface area contributed by atoms with Crippen molar-refractivity contribution in [3.05, 3.63) is 58.0 Å². The summed E-state index contributed by atoms with van der Waals surface area (Å²) in [7, 11) is 0. The predicted molar refractivity (Wildman–Crippen MR) is 94.1 cm³/mol. The fourth-order valence-electron chi connectivity index (χ4n) is 2.67. The van der Waals surface area contributed by atoms with Crippen LogP contribution < -0.4 is 10.4 Å². The normalized spacial score (nSPS) is 11.5. The molecule has 4 aromatic rings. The van der Waals surface area contributed by atoms with E-state index in [1.54, 1.807) is 12.1 Å². The van der Waals surface area contributed by atoms with Gasteiger partial charge in [0.15, 0.2) is 0 Å². The van der Waals surface area contributed by atoms with Gasteiger partial charge in [0.25, 0.3) is 0 Å². The van der Waals surface area contributed by atoms with Crippen LogP contribution in [0, 0.1) is 0 Å². The number of thiophene rings is 1. The van der Waals surface area contributed by atoms with E-state index < -0.39 is 0 Å². The van der Waals surface area contributed by atoms with E-state index in [1.165, 1.54) is 17.7 Å². The van der Waals surface area contributed by atoms with Crippen molar-refractivity contribution in [1.82, 2.24) is 9.97 Å². The van der Waals surface area contributed by atoms with Gasteiger partial charge in [-0.05, 0) is 35.1 Å². The van der Waals surface area contributed by atoms with Crippen molar-refractivity contribution in [2.24, 2.45) is 0 Å². The van der Waals surface area contributed by atoms with Gasteiger partial charge < -0.3 is 9.15 Å². The highest BCUT2D eigenvalue weighted by molar-refractivity contribution is 7.16. The molecule has 6 heteroatoms. The molecule has 0 atom stereocenters. The second-order valence-electron chi connectivity index (χ2n) is 5.75. The summed E-state index contributed by atoms with van der Waals surface area (Å²) in [6.45, 7) is 4.10. The van der Waals surface area contributed by atoms with Crippen LogP contribution in [0.15, 0.2) is 51.3 Å². The van der Waals surface area contributed by atoms with Crippen molar-refractivity contribution >= 4 is 32.5 Å². The lowest BCUT2D eigenvalue weighted by atomic mass is 10.00. The summed E-state index contributed by atoms with van der Waals surface area (Å²) in [5, 5.41) is 3.72. The van der Waals surface area contributed by atoms with Gasteiger partial charge in [0, 0.05) is 17.5 Å². The Labute approximate surface area is 141 Å². The maximum atomic E-state index is 11.8. The number of nitrogens with zero attached hydrogens (tertiary/aromatic N) is 2. The first-order valence-corrected chi connectivity index (χ1v) is 8.43. The molecule has 0 aliphatic rings. The number of rotatable bonds is 3. The summed E-state index contributed by atoms with van der Waals surface area (Å²) in [5.41, 5.74) is 1.12. The molecule has 5 nitrogen and oxygen atoms in total. The monoisotopic (exact) mass is 338 g/mol. The van der Waals surface area contributed by atoms with Gasteiger partial charge >= 0.3 is 5.63 Å². The molecule has 120 valence electrons. The smallest absolute Gasteiger partial charge is 0.336 e. The first-order valence-electron chi connectivity index (χ1n) is 7.55. The van der Waals surface area contributed by atoms with Crippen LogP contribution in [0.1, 0.15) is 25.3 Å². The van der Waals surface area contributed by atoms with Gasteiger partial charge in [0.2, 0.25) is 5.88 Å². The summed E-state index contributed by atoms with van der Waals surface area (Å²) in [6.07, 6.45) is 1.48.